The van der Waals surface area contributed by atoms with Gasteiger partial charge < -0.3 is 10.5 Å². The van der Waals surface area contributed by atoms with Gasteiger partial charge in [0.15, 0.2) is 0 Å². The SMILES string of the molecule is COc1cc(-n2ccc(C)n2)ccc1N. The van der Waals surface area contributed by atoms with Gasteiger partial charge in [-0.15, -0.1) is 0 Å². The molecule has 0 aliphatic heterocycles. The molecule has 0 amide bonds. The fraction of sp³-hybridized carbons (Fsp3) is 0.182. The number of anilines is 1. The molecular formula is C11H13N3O. The topological polar surface area (TPSA) is 53.1 Å². The summed E-state index contributed by atoms with van der Waals surface area (Å²) in [5, 5.41) is 4.31. The number of benzene rings is 1. The molecule has 2 N–H and O–H groups in total. The van der Waals surface area contributed by atoms with Gasteiger partial charge in [0.1, 0.15) is 5.75 Å². The van der Waals surface area contributed by atoms with E-state index in [1.807, 2.05) is 37.4 Å². The Morgan fingerprint density at radius 1 is 1.33 bits per heavy atom. The first kappa shape index (κ1) is 9.58. The van der Waals surface area contributed by atoms with E-state index < -0.39 is 0 Å². The van der Waals surface area contributed by atoms with Crippen molar-refractivity contribution in [3.63, 3.8) is 0 Å². The lowest BCUT2D eigenvalue weighted by molar-refractivity contribution is 0.416. The molecular weight excluding hydrogens is 190 g/mol. The molecule has 0 saturated heterocycles. The van der Waals surface area contributed by atoms with E-state index in [1.165, 1.54) is 0 Å². The molecule has 0 saturated carbocycles. The highest BCUT2D eigenvalue weighted by Gasteiger charge is 2.03. The molecule has 15 heavy (non-hydrogen) atoms. The lowest BCUT2D eigenvalue weighted by atomic mass is 10.2. The van der Waals surface area contributed by atoms with Crippen molar-refractivity contribution in [2.24, 2.45) is 0 Å². The van der Waals surface area contributed by atoms with E-state index in [2.05, 4.69) is 5.10 Å². The Labute approximate surface area is 88.3 Å². The Kier molecular flexibility index (Phi) is 2.33. The number of nitrogen functional groups attached to an aromatic ring is 1. The van der Waals surface area contributed by atoms with Crippen molar-refractivity contribution in [2.75, 3.05) is 12.8 Å². The monoisotopic (exact) mass is 203 g/mol. The largest absolute Gasteiger partial charge is 0.495 e. The van der Waals surface area contributed by atoms with E-state index in [1.54, 1.807) is 11.8 Å². The van der Waals surface area contributed by atoms with Crippen LogP contribution in [-0.2, 0) is 0 Å². The molecule has 1 heterocycles. The number of nitrogens with two attached hydrogens (primary N) is 1. The van der Waals surface area contributed by atoms with Crippen molar-refractivity contribution in [1.29, 1.82) is 0 Å². The zero-order valence-corrected chi connectivity index (χ0v) is 8.77. The van der Waals surface area contributed by atoms with Crippen LogP contribution in [0.5, 0.6) is 5.75 Å². The van der Waals surface area contributed by atoms with Crippen molar-refractivity contribution in [3.8, 4) is 11.4 Å². The van der Waals surface area contributed by atoms with E-state index in [4.69, 9.17) is 10.5 Å². The van der Waals surface area contributed by atoms with Crippen LogP contribution in [0.15, 0.2) is 30.5 Å². The second kappa shape index (κ2) is 3.65. The second-order valence-electron chi connectivity index (χ2n) is 3.33. The van der Waals surface area contributed by atoms with E-state index in [0.717, 1.165) is 11.4 Å². The van der Waals surface area contributed by atoms with Crippen molar-refractivity contribution in [3.05, 3.63) is 36.2 Å². The van der Waals surface area contributed by atoms with Gasteiger partial charge in [0.2, 0.25) is 0 Å². The minimum Gasteiger partial charge on any atom is -0.495 e. The Bertz CT molecular complexity index is 476. The minimum atomic E-state index is 0.630. The van der Waals surface area contributed by atoms with Crippen LogP contribution >= 0.6 is 0 Å². The number of nitrogens with zero attached hydrogens (tertiary/aromatic N) is 2. The highest BCUT2D eigenvalue weighted by Crippen LogP contribution is 2.23. The van der Waals surface area contributed by atoms with Crippen LogP contribution in [-0.4, -0.2) is 16.9 Å². The summed E-state index contributed by atoms with van der Waals surface area (Å²) in [6.45, 7) is 1.95. The van der Waals surface area contributed by atoms with Gasteiger partial charge in [0, 0.05) is 12.3 Å². The summed E-state index contributed by atoms with van der Waals surface area (Å²) in [5.74, 6) is 0.667. The maximum absolute atomic E-state index is 5.73. The van der Waals surface area contributed by atoms with E-state index in [-0.39, 0.29) is 0 Å². The molecule has 1 aromatic carbocycles. The first-order valence-electron chi connectivity index (χ1n) is 4.67. The molecule has 0 fully saturated rings. The quantitative estimate of drug-likeness (QED) is 0.757. The number of aryl methyl sites for hydroxylation is 1. The van der Waals surface area contributed by atoms with Gasteiger partial charge in [0.05, 0.1) is 24.2 Å². The van der Waals surface area contributed by atoms with Gasteiger partial charge in [-0.25, -0.2) is 4.68 Å². The number of hydrogen-bond acceptors (Lipinski definition) is 3. The molecule has 4 nitrogen and oxygen atoms in total. The van der Waals surface area contributed by atoms with E-state index in [9.17, 15) is 0 Å². The van der Waals surface area contributed by atoms with Crippen molar-refractivity contribution in [2.45, 2.75) is 6.92 Å². The van der Waals surface area contributed by atoms with Crippen LogP contribution in [0.2, 0.25) is 0 Å². The zero-order chi connectivity index (χ0) is 10.8. The molecule has 0 atom stereocenters. The summed E-state index contributed by atoms with van der Waals surface area (Å²) in [4.78, 5) is 0. The summed E-state index contributed by atoms with van der Waals surface area (Å²) in [5.41, 5.74) is 8.27. The van der Waals surface area contributed by atoms with E-state index in [0.29, 0.717) is 11.4 Å². The van der Waals surface area contributed by atoms with Crippen molar-refractivity contribution < 1.29 is 4.74 Å². The molecule has 0 aliphatic carbocycles. The fourth-order valence-corrected chi connectivity index (χ4v) is 1.40. The molecule has 78 valence electrons. The minimum absolute atomic E-state index is 0.630. The highest BCUT2D eigenvalue weighted by molar-refractivity contribution is 5.57. The Balaban J connectivity index is 2.45. The summed E-state index contributed by atoms with van der Waals surface area (Å²) in [6.07, 6.45) is 1.90. The molecule has 4 heteroatoms. The van der Waals surface area contributed by atoms with Crippen LogP contribution in [0, 0.1) is 6.92 Å². The third kappa shape index (κ3) is 1.79. The smallest absolute Gasteiger partial charge is 0.143 e. The van der Waals surface area contributed by atoms with Gasteiger partial charge in [-0.3, -0.25) is 0 Å². The Morgan fingerprint density at radius 2 is 2.13 bits per heavy atom. The predicted octanol–water partition coefficient (Wildman–Crippen LogP) is 1.77. The molecule has 0 radical (unpaired) electrons. The van der Waals surface area contributed by atoms with E-state index >= 15 is 0 Å². The number of hydrogen-bond donors (Lipinski definition) is 1. The van der Waals surface area contributed by atoms with Gasteiger partial charge in [-0.2, -0.15) is 5.10 Å². The van der Waals surface area contributed by atoms with Gasteiger partial charge in [0.25, 0.3) is 0 Å². The molecule has 2 aromatic rings. The lowest BCUT2D eigenvalue weighted by Crippen LogP contribution is -1.98. The summed E-state index contributed by atoms with van der Waals surface area (Å²) >= 11 is 0. The number of aromatic nitrogens is 2. The van der Waals surface area contributed by atoms with Gasteiger partial charge in [-0.1, -0.05) is 0 Å². The first-order valence-corrected chi connectivity index (χ1v) is 4.67. The summed E-state index contributed by atoms with van der Waals surface area (Å²) in [7, 11) is 1.60. The number of methoxy groups -OCH3 is 1. The van der Waals surface area contributed by atoms with Crippen LogP contribution in [0.3, 0.4) is 0 Å². The zero-order valence-electron chi connectivity index (χ0n) is 8.77. The average Bonchev–Trinajstić information content (AvgIpc) is 2.66. The third-order valence-corrected chi connectivity index (χ3v) is 2.20. The van der Waals surface area contributed by atoms with Crippen LogP contribution in [0.25, 0.3) is 5.69 Å². The maximum Gasteiger partial charge on any atom is 0.143 e. The van der Waals surface area contributed by atoms with Crippen LogP contribution in [0.1, 0.15) is 5.69 Å². The fourth-order valence-electron chi connectivity index (χ4n) is 1.40. The molecule has 0 aliphatic rings. The molecule has 1 aromatic heterocycles. The molecule has 0 spiro atoms. The average molecular weight is 203 g/mol. The molecule has 0 unspecified atom stereocenters. The second-order valence-corrected chi connectivity index (χ2v) is 3.33. The van der Waals surface area contributed by atoms with Crippen molar-refractivity contribution >= 4 is 5.69 Å². The van der Waals surface area contributed by atoms with Gasteiger partial charge in [-0.05, 0) is 25.1 Å². The van der Waals surface area contributed by atoms with Crippen LogP contribution in [0.4, 0.5) is 5.69 Å². The summed E-state index contributed by atoms with van der Waals surface area (Å²) in [6, 6.07) is 7.53. The van der Waals surface area contributed by atoms with Crippen molar-refractivity contribution in [1.82, 2.24) is 9.78 Å². The third-order valence-electron chi connectivity index (χ3n) is 2.20. The first-order chi connectivity index (χ1) is 7.20. The highest BCUT2D eigenvalue weighted by atomic mass is 16.5. The molecule has 0 bridgehead atoms. The van der Waals surface area contributed by atoms with Gasteiger partial charge >= 0.3 is 0 Å². The lowest BCUT2D eigenvalue weighted by Gasteiger charge is -2.07. The molecule has 2 rings (SSSR count). The number of rotatable bonds is 2. The normalized spacial score (nSPS) is 10.3. The Hall–Kier alpha value is -1.97. The Morgan fingerprint density at radius 3 is 2.73 bits per heavy atom. The maximum atomic E-state index is 5.73. The van der Waals surface area contributed by atoms with Crippen LogP contribution < -0.4 is 10.5 Å². The predicted molar refractivity (Wildman–Crippen MR) is 59.3 cm³/mol. The number of ether oxygens (including phenoxy) is 1. The standard InChI is InChI=1S/C11H13N3O/c1-8-5-6-14(13-8)9-3-4-10(12)11(7-9)15-2/h3-7H,12H2,1-2H3. The summed E-state index contributed by atoms with van der Waals surface area (Å²) < 4.78 is 6.94.